The molecule has 92 valence electrons. The van der Waals surface area contributed by atoms with Gasteiger partial charge in [-0.1, -0.05) is 6.07 Å². The molecule has 0 saturated carbocycles. The number of nitro groups is 1. The van der Waals surface area contributed by atoms with Crippen LogP contribution >= 0.6 is 0 Å². The van der Waals surface area contributed by atoms with Crippen LogP contribution < -0.4 is 10.5 Å². The number of fused-ring (bicyclic) bond motifs is 1. The van der Waals surface area contributed by atoms with Gasteiger partial charge in [-0.15, -0.1) is 0 Å². The summed E-state index contributed by atoms with van der Waals surface area (Å²) in [5.74, 6) is 0.0514. The van der Waals surface area contributed by atoms with Crippen molar-refractivity contribution in [3.05, 3.63) is 39.9 Å². The fourth-order valence-corrected chi connectivity index (χ4v) is 1.62. The van der Waals surface area contributed by atoms with E-state index >= 15 is 0 Å². The molecule has 1 aromatic carbocycles. The van der Waals surface area contributed by atoms with E-state index in [0.29, 0.717) is 16.5 Å². The van der Waals surface area contributed by atoms with Crippen molar-refractivity contribution in [2.45, 2.75) is 6.92 Å². The predicted molar refractivity (Wildman–Crippen MR) is 63.3 cm³/mol. The average Bonchev–Trinajstić information content (AvgIpc) is 2.28. The fraction of sp³-hybridized carbons (Fsp3) is 0.0909. The van der Waals surface area contributed by atoms with Crippen LogP contribution in [0.2, 0.25) is 0 Å². The van der Waals surface area contributed by atoms with Crippen molar-refractivity contribution in [2.75, 3.05) is 0 Å². The molecule has 18 heavy (non-hydrogen) atoms. The summed E-state index contributed by atoms with van der Waals surface area (Å²) in [4.78, 5) is 25.1. The Balaban J connectivity index is 2.67. The maximum Gasteiger partial charge on any atom is 0.411 e. The number of carbonyl (C=O) groups is 1. The highest BCUT2D eigenvalue weighted by molar-refractivity contribution is 5.89. The van der Waals surface area contributed by atoms with Gasteiger partial charge >= 0.3 is 6.09 Å². The van der Waals surface area contributed by atoms with Crippen molar-refractivity contribution < 1.29 is 14.5 Å². The molecule has 1 heterocycles. The third-order valence-corrected chi connectivity index (χ3v) is 2.37. The molecule has 1 amide bonds. The van der Waals surface area contributed by atoms with Crippen LogP contribution in [0.5, 0.6) is 5.88 Å². The van der Waals surface area contributed by atoms with Crippen molar-refractivity contribution in [1.29, 1.82) is 0 Å². The number of primary amides is 1. The number of nitrogens with two attached hydrogens (primary N) is 1. The van der Waals surface area contributed by atoms with Crippen LogP contribution in [0.15, 0.2) is 24.3 Å². The summed E-state index contributed by atoms with van der Waals surface area (Å²) in [5, 5.41) is 11.2. The second-order valence-corrected chi connectivity index (χ2v) is 3.63. The third kappa shape index (κ3) is 2.05. The standard InChI is InChI=1S/C11H9N3O4/c1-6-5-7-8(13-10(6)18-11(12)15)3-2-4-9(7)14(16)17/h2-5H,1H3,(H2,12,15). The third-order valence-electron chi connectivity index (χ3n) is 2.37. The Labute approximate surface area is 101 Å². The number of rotatable bonds is 2. The summed E-state index contributed by atoms with van der Waals surface area (Å²) in [7, 11) is 0. The summed E-state index contributed by atoms with van der Waals surface area (Å²) < 4.78 is 4.71. The number of nitrogens with zero attached hydrogens (tertiary/aromatic N) is 2. The highest BCUT2D eigenvalue weighted by atomic mass is 16.6. The summed E-state index contributed by atoms with van der Waals surface area (Å²) in [5.41, 5.74) is 5.72. The number of ether oxygens (including phenoxy) is 1. The molecule has 0 radical (unpaired) electrons. The van der Waals surface area contributed by atoms with Gasteiger partial charge in [-0.2, -0.15) is 0 Å². The van der Waals surface area contributed by atoms with Gasteiger partial charge in [-0.25, -0.2) is 9.78 Å². The molecule has 7 heteroatoms. The maximum absolute atomic E-state index is 10.9. The molecule has 0 fully saturated rings. The SMILES string of the molecule is Cc1cc2c([N+](=O)[O-])cccc2nc1OC(N)=O. The molecule has 0 unspecified atom stereocenters. The number of aromatic nitrogens is 1. The summed E-state index contributed by atoms with van der Waals surface area (Å²) in [6.07, 6.45) is -0.976. The summed E-state index contributed by atoms with van der Waals surface area (Å²) in [6.45, 7) is 1.63. The minimum Gasteiger partial charge on any atom is -0.391 e. The van der Waals surface area contributed by atoms with Gasteiger partial charge in [-0.05, 0) is 19.1 Å². The van der Waals surface area contributed by atoms with Crippen LogP contribution in [-0.4, -0.2) is 16.0 Å². The van der Waals surface area contributed by atoms with Crippen molar-refractivity contribution in [2.24, 2.45) is 5.73 Å². The Morgan fingerprint density at radius 2 is 2.22 bits per heavy atom. The largest absolute Gasteiger partial charge is 0.411 e. The van der Waals surface area contributed by atoms with Gasteiger partial charge in [0.15, 0.2) is 0 Å². The predicted octanol–water partition coefficient (Wildman–Crippen LogP) is 1.91. The van der Waals surface area contributed by atoms with E-state index in [-0.39, 0.29) is 11.6 Å². The van der Waals surface area contributed by atoms with Gasteiger partial charge in [0.05, 0.1) is 15.8 Å². The Kier molecular flexibility index (Phi) is 2.80. The Morgan fingerprint density at radius 1 is 1.50 bits per heavy atom. The van der Waals surface area contributed by atoms with Crippen LogP contribution in [-0.2, 0) is 0 Å². The van der Waals surface area contributed by atoms with E-state index in [4.69, 9.17) is 10.5 Å². The van der Waals surface area contributed by atoms with Crippen molar-refractivity contribution in [1.82, 2.24) is 4.98 Å². The van der Waals surface area contributed by atoms with Crippen LogP contribution in [0.1, 0.15) is 5.56 Å². The first-order chi connectivity index (χ1) is 8.49. The highest BCUT2D eigenvalue weighted by Gasteiger charge is 2.15. The number of amides is 1. The number of nitro benzene ring substituents is 1. The highest BCUT2D eigenvalue weighted by Crippen LogP contribution is 2.28. The molecule has 0 aliphatic carbocycles. The number of hydrogen-bond donors (Lipinski definition) is 1. The number of hydrogen-bond acceptors (Lipinski definition) is 5. The van der Waals surface area contributed by atoms with Crippen molar-refractivity contribution in [3.63, 3.8) is 0 Å². The Bertz CT molecular complexity index is 654. The van der Waals surface area contributed by atoms with E-state index < -0.39 is 11.0 Å². The lowest BCUT2D eigenvalue weighted by atomic mass is 10.1. The molecule has 0 aliphatic heterocycles. The zero-order valence-corrected chi connectivity index (χ0v) is 9.41. The van der Waals surface area contributed by atoms with Gasteiger partial charge < -0.3 is 10.5 Å². The van der Waals surface area contributed by atoms with E-state index in [1.54, 1.807) is 19.1 Å². The molecule has 0 atom stereocenters. The van der Waals surface area contributed by atoms with Crippen molar-refractivity contribution >= 4 is 22.7 Å². The molecule has 2 N–H and O–H groups in total. The molecular formula is C11H9N3O4. The second kappa shape index (κ2) is 4.28. The maximum atomic E-state index is 10.9. The van der Waals surface area contributed by atoms with Gasteiger partial charge in [0, 0.05) is 11.6 Å². The topological polar surface area (TPSA) is 108 Å². The molecule has 0 spiro atoms. The Hall–Kier alpha value is -2.70. The van der Waals surface area contributed by atoms with Crippen LogP contribution in [0.25, 0.3) is 10.9 Å². The molecule has 2 aromatic rings. The number of carbonyl (C=O) groups excluding carboxylic acids is 1. The first kappa shape index (κ1) is 11.8. The molecule has 1 aromatic heterocycles. The first-order valence-electron chi connectivity index (χ1n) is 5.01. The monoisotopic (exact) mass is 247 g/mol. The molecule has 7 nitrogen and oxygen atoms in total. The van der Waals surface area contributed by atoms with Gasteiger partial charge in [0.1, 0.15) is 0 Å². The van der Waals surface area contributed by atoms with E-state index in [0.717, 1.165) is 0 Å². The number of non-ortho nitro benzene ring substituents is 1. The van der Waals surface area contributed by atoms with Crippen LogP contribution in [0.3, 0.4) is 0 Å². The number of aryl methyl sites for hydroxylation is 1. The molecule has 0 aliphatic rings. The minimum atomic E-state index is -0.976. The van der Waals surface area contributed by atoms with Gasteiger partial charge in [0.25, 0.3) is 5.69 Å². The summed E-state index contributed by atoms with van der Waals surface area (Å²) >= 11 is 0. The molecular weight excluding hydrogens is 238 g/mol. The lowest BCUT2D eigenvalue weighted by Gasteiger charge is -2.06. The van der Waals surface area contributed by atoms with Crippen LogP contribution in [0, 0.1) is 17.0 Å². The van der Waals surface area contributed by atoms with E-state index in [1.807, 2.05) is 0 Å². The average molecular weight is 247 g/mol. The van der Waals surface area contributed by atoms with E-state index in [9.17, 15) is 14.9 Å². The van der Waals surface area contributed by atoms with Crippen molar-refractivity contribution in [3.8, 4) is 5.88 Å². The summed E-state index contributed by atoms with van der Waals surface area (Å²) in [6, 6.07) is 6.03. The smallest absolute Gasteiger partial charge is 0.391 e. The Morgan fingerprint density at radius 3 is 2.83 bits per heavy atom. The van der Waals surface area contributed by atoms with E-state index in [1.165, 1.54) is 12.1 Å². The zero-order chi connectivity index (χ0) is 13.3. The molecule has 0 bridgehead atoms. The minimum absolute atomic E-state index is 0.0475. The van der Waals surface area contributed by atoms with Gasteiger partial charge in [0.2, 0.25) is 5.88 Å². The fourth-order valence-electron chi connectivity index (χ4n) is 1.62. The first-order valence-corrected chi connectivity index (χ1v) is 5.01. The normalized spacial score (nSPS) is 10.3. The molecule has 2 rings (SSSR count). The number of pyridine rings is 1. The number of benzene rings is 1. The van der Waals surface area contributed by atoms with Crippen LogP contribution in [0.4, 0.5) is 10.5 Å². The zero-order valence-electron chi connectivity index (χ0n) is 9.41. The lowest BCUT2D eigenvalue weighted by Crippen LogP contribution is -2.17. The molecule has 0 saturated heterocycles. The lowest BCUT2D eigenvalue weighted by molar-refractivity contribution is -0.383. The quantitative estimate of drug-likeness (QED) is 0.644. The van der Waals surface area contributed by atoms with Gasteiger partial charge in [-0.3, -0.25) is 10.1 Å². The van der Waals surface area contributed by atoms with E-state index in [2.05, 4.69) is 4.98 Å². The second-order valence-electron chi connectivity index (χ2n) is 3.63.